The van der Waals surface area contributed by atoms with Crippen molar-refractivity contribution in [1.29, 1.82) is 0 Å². The highest BCUT2D eigenvalue weighted by atomic mass is 19.1. The average molecular weight is 304 g/mol. The number of hydrogen-bond acceptors (Lipinski definition) is 3. The van der Waals surface area contributed by atoms with Crippen LogP contribution in [0.15, 0.2) is 41.3 Å². The van der Waals surface area contributed by atoms with E-state index in [1.165, 1.54) is 36.5 Å². The Morgan fingerprint density at radius 1 is 1.36 bits per heavy atom. The summed E-state index contributed by atoms with van der Waals surface area (Å²) in [5, 5.41) is 12.0. The Bertz CT molecular complexity index is 738. The van der Waals surface area contributed by atoms with Crippen molar-refractivity contribution in [3.8, 4) is 0 Å². The van der Waals surface area contributed by atoms with Crippen molar-refractivity contribution in [3.05, 3.63) is 69.4 Å². The second-order valence-corrected chi connectivity index (χ2v) is 5.06. The summed E-state index contributed by atoms with van der Waals surface area (Å²) in [6, 6.07) is 6.11. The lowest BCUT2D eigenvalue weighted by molar-refractivity contribution is 0.0914. The van der Waals surface area contributed by atoms with Crippen LogP contribution < -0.4 is 10.7 Å². The van der Waals surface area contributed by atoms with Gasteiger partial charge in [0.15, 0.2) is 5.43 Å². The van der Waals surface area contributed by atoms with Crippen molar-refractivity contribution >= 4 is 5.91 Å². The molecule has 1 amide bonds. The molecule has 0 saturated carbocycles. The number of aliphatic hydroxyl groups is 1. The first-order valence-electron chi connectivity index (χ1n) is 6.77. The van der Waals surface area contributed by atoms with Crippen molar-refractivity contribution < 1.29 is 14.3 Å². The fraction of sp³-hybridized carbons (Fsp3) is 0.250. The van der Waals surface area contributed by atoms with Gasteiger partial charge in [0.05, 0.1) is 12.6 Å². The predicted octanol–water partition coefficient (Wildman–Crippen LogP) is 1.30. The number of hydrogen-bond donors (Lipinski definition) is 2. The molecule has 1 heterocycles. The van der Waals surface area contributed by atoms with Gasteiger partial charge in [0.25, 0.3) is 5.91 Å². The van der Waals surface area contributed by atoms with Gasteiger partial charge in [0.1, 0.15) is 11.4 Å². The van der Waals surface area contributed by atoms with Gasteiger partial charge < -0.3 is 15.0 Å². The number of amides is 1. The zero-order valence-corrected chi connectivity index (χ0v) is 12.3. The predicted molar refractivity (Wildman–Crippen MR) is 80.1 cm³/mol. The van der Waals surface area contributed by atoms with E-state index in [2.05, 4.69) is 5.32 Å². The van der Waals surface area contributed by atoms with Crippen molar-refractivity contribution in [2.24, 2.45) is 7.05 Å². The van der Waals surface area contributed by atoms with E-state index in [0.29, 0.717) is 5.56 Å². The Morgan fingerprint density at radius 3 is 2.59 bits per heavy atom. The molecule has 2 N–H and O–H groups in total. The molecule has 0 aliphatic carbocycles. The first kappa shape index (κ1) is 15.9. The lowest BCUT2D eigenvalue weighted by Gasteiger charge is -2.17. The fourth-order valence-corrected chi connectivity index (χ4v) is 2.06. The van der Waals surface area contributed by atoms with Crippen LogP contribution in [0.5, 0.6) is 0 Å². The molecule has 0 spiro atoms. The Hall–Kier alpha value is -2.47. The van der Waals surface area contributed by atoms with Gasteiger partial charge in [0.2, 0.25) is 0 Å². The van der Waals surface area contributed by atoms with Crippen LogP contribution in [0.1, 0.15) is 27.7 Å². The molecule has 22 heavy (non-hydrogen) atoms. The van der Waals surface area contributed by atoms with Crippen LogP contribution in [0.25, 0.3) is 0 Å². The molecule has 6 heteroatoms. The molecule has 0 saturated heterocycles. The van der Waals surface area contributed by atoms with E-state index < -0.39 is 17.8 Å². The average Bonchev–Trinajstić information content (AvgIpc) is 2.49. The van der Waals surface area contributed by atoms with E-state index in [4.69, 9.17) is 0 Å². The lowest BCUT2D eigenvalue weighted by atomic mass is 10.1. The van der Waals surface area contributed by atoms with Crippen LogP contribution in [0.3, 0.4) is 0 Å². The number of aliphatic hydroxyl groups excluding tert-OH is 1. The zero-order chi connectivity index (χ0) is 16.3. The summed E-state index contributed by atoms with van der Waals surface area (Å²) in [7, 11) is 1.73. The van der Waals surface area contributed by atoms with Gasteiger partial charge in [-0.15, -0.1) is 0 Å². The maximum Gasteiger partial charge on any atom is 0.257 e. The number of benzene rings is 1. The summed E-state index contributed by atoms with van der Waals surface area (Å²) in [4.78, 5) is 24.1. The number of halogens is 1. The molecule has 1 aromatic carbocycles. The lowest BCUT2D eigenvalue weighted by Crippen LogP contribution is -2.34. The molecule has 5 nitrogen and oxygen atoms in total. The summed E-state index contributed by atoms with van der Waals surface area (Å²) in [6.07, 6.45) is 1.45. The largest absolute Gasteiger partial charge is 0.394 e. The minimum atomic E-state index is -0.709. The van der Waals surface area contributed by atoms with Gasteiger partial charge in [-0.1, -0.05) is 12.1 Å². The van der Waals surface area contributed by atoms with Crippen LogP contribution in [0.4, 0.5) is 4.39 Å². The normalized spacial score (nSPS) is 12.0. The highest BCUT2D eigenvalue weighted by molar-refractivity contribution is 5.94. The van der Waals surface area contributed by atoms with Crippen LogP contribution in [-0.4, -0.2) is 22.2 Å². The Kier molecular flexibility index (Phi) is 4.72. The number of rotatable bonds is 4. The van der Waals surface area contributed by atoms with Crippen molar-refractivity contribution in [3.63, 3.8) is 0 Å². The van der Waals surface area contributed by atoms with Crippen LogP contribution in [-0.2, 0) is 7.05 Å². The second-order valence-electron chi connectivity index (χ2n) is 5.06. The smallest absolute Gasteiger partial charge is 0.257 e. The number of pyridine rings is 1. The zero-order valence-electron chi connectivity index (χ0n) is 12.3. The number of nitrogens with zero attached hydrogens (tertiary/aromatic N) is 1. The minimum Gasteiger partial charge on any atom is -0.394 e. The van der Waals surface area contributed by atoms with E-state index in [0.717, 1.165) is 5.69 Å². The van der Waals surface area contributed by atoms with E-state index in [-0.39, 0.29) is 17.6 Å². The van der Waals surface area contributed by atoms with Gasteiger partial charge in [0, 0.05) is 25.0 Å². The first-order chi connectivity index (χ1) is 10.4. The molecule has 1 atom stereocenters. The van der Waals surface area contributed by atoms with Crippen LogP contribution in [0, 0.1) is 12.7 Å². The Morgan fingerprint density at radius 2 is 2.00 bits per heavy atom. The molecule has 0 bridgehead atoms. The van der Waals surface area contributed by atoms with Crippen molar-refractivity contribution in [2.45, 2.75) is 13.0 Å². The summed E-state index contributed by atoms with van der Waals surface area (Å²) >= 11 is 0. The fourth-order valence-electron chi connectivity index (χ4n) is 2.06. The maximum absolute atomic E-state index is 12.9. The molecule has 0 aliphatic rings. The standard InChI is InChI=1S/C16H17FN2O3/c1-10-7-15(21)13(8-19(10)2)16(22)18-14(9-20)11-3-5-12(17)6-4-11/h3-8,14,20H,9H2,1-2H3,(H,18,22). The van der Waals surface area contributed by atoms with Crippen LogP contribution in [0.2, 0.25) is 0 Å². The first-order valence-corrected chi connectivity index (χ1v) is 6.77. The van der Waals surface area contributed by atoms with Gasteiger partial charge in [-0.2, -0.15) is 0 Å². The molecule has 0 radical (unpaired) electrons. The summed E-state index contributed by atoms with van der Waals surface area (Å²) in [6.45, 7) is 1.40. The summed E-state index contributed by atoms with van der Waals surface area (Å²) < 4.78 is 14.6. The number of nitrogens with one attached hydrogen (secondary N) is 1. The minimum absolute atomic E-state index is 0.00587. The van der Waals surface area contributed by atoms with Crippen molar-refractivity contribution in [2.75, 3.05) is 6.61 Å². The van der Waals surface area contributed by atoms with E-state index >= 15 is 0 Å². The molecule has 2 aromatic rings. The number of carbonyl (C=O) groups excluding carboxylic acids is 1. The Balaban J connectivity index is 2.25. The van der Waals surface area contributed by atoms with Gasteiger partial charge >= 0.3 is 0 Å². The molecule has 0 fully saturated rings. The third-order valence-electron chi connectivity index (χ3n) is 3.49. The highest BCUT2D eigenvalue weighted by Crippen LogP contribution is 2.13. The van der Waals surface area contributed by atoms with Gasteiger partial charge in [-0.05, 0) is 24.6 Å². The van der Waals surface area contributed by atoms with Gasteiger partial charge in [-0.3, -0.25) is 9.59 Å². The third-order valence-corrected chi connectivity index (χ3v) is 3.49. The molecule has 2 rings (SSSR count). The molecule has 116 valence electrons. The van der Waals surface area contributed by atoms with Crippen LogP contribution >= 0.6 is 0 Å². The quantitative estimate of drug-likeness (QED) is 0.894. The van der Waals surface area contributed by atoms with E-state index in [1.807, 2.05) is 0 Å². The number of aromatic nitrogens is 1. The maximum atomic E-state index is 12.9. The van der Waals surface area contributed by atoms with E-state index in [1.54, 1.807) is 18.5 Å². The number of aryl methyl sites for hydroxylation is 2. The summed E-state index contributed by atoms with van der Waals surface area (Å²) in [5.74, 6) is -0.983. The molecular formula is C16H17FN2O3. The van der Waals surface area contributed by atoms with Crippen molar-refractivity contribution in [1.82, 2.24) is 9.88 Å². The monoisotopic (exact) mass is 304 g/mol. The molecule has 0 aliphatic heterocycles. The summed E-state index contributed by atoms with van der Waals surface area (Å²) in [5.41, 5.74) is 0.900. The SMILES string of the molecule is Cc1cc(=O)c(C(=O)NC(CO)c2ccc(F)cc2)cn1C. The third kappa shape index (κ3) is 3.40. The molecule has 1 aromatic heterocycles. The highest BCUT2D eigenvalue weighted by Gasteiger charge is 2.17. The van der Waals surface area contributed by atoms with E-state index in [9.17, 15) is 19.1 Å². The second kappa shape index (κ2) is 6.53. The molecule has 1 unspecified atom stereocenters. The Labute approximate surface area is 127 Å². The molecular weight excluding hydrogens is 287 g/mol. The topological polar surface area (TPSA) is 71.3 Å². The number of carbonyl (C=O) groups is 1. The van der Waals surface area contributed by atoms with Gasteiger partial charge in [-0.25, -0.2) is 4.39 Å².